The third-order valence-corrected chi connectivity index (χ3v) is 5.77. The highest BCUT2D eigenvalue weighted by Gasteiger charge is 2.28. The van der Waals surface area contributed by atoms with Crippen molar-refractivity contribution in [1.29, 1.82) is 0 Å². The minimum atomic E-state index is -4.03. The van der Waals surface area contributed by atoms with E-state index in [1.807, 2.05) is 27.7 Å². The van der Waals surface area contributed by atoms with Crippen molar-refractivity contribution >= 4 is 21.5 Å². The first-order chi connectivity index (χ1) is 12.6. The Kier molecular flexibility index (Phi) is 6.15. The van der Waals surface area contributed by atoms with E-state index in [4.69, 9.17) is 0 Å². The van der Waals surface area contributed by atoms with Gasteiger partial charge in [-0.1, -0.05) is 20.4 Å². The van der Waals surface area contributed by atoms with E-state index in [1.165, 1.54) is 10.5 Å². The number of carbonyl (C=O) groups is 1. The molecule has 0 spiro atoms. The molecule has 2 rings (SSSR count). The second kappa shape index (κ2) is 8.00. The molecule has 0 fully saturated rings. The monoisotopic (exact) mass is 390 g/mol. The van der Waals surface area contributed by atoms with Crippen LogP contribution in [-0.4, -0.2) is 25.7 Å². The number of rotatable bonds is 7. The van der Waals surface area contributed by atoms with Crippen LogP contribution in [0.25, 0.3) is 0 Å². The second-order valence-electron chi connectivity index (χ2n) is 6.75. The van der Waals surface area contributed by atoms with Crippen molar-refractivity contribution in [1.82, 2.24) is 4.98 Å². The molecule has 0 radical (unpaired) electrons. The Labute approximate surface area is 159 Å². The van der Waals surface area contributed by atoms with E-state index in [-0.39, 0.29) is 22.9 Å². The van der Waals surface area contributed by atoms with Gasteiger partial charge in [0.15, 0.2) is 5.78 Å². The van der Waals surface area contributed by atoms with Crippen LogP contribution >= 0.6 is 0 Å². The van der Waals surface area contributed by atoms with Crippen molar-refractivity contribution in [2.24, 2.45) is 5.92 Å². The van der Waals surface area contributed by atoms with Gasteiger partial charge in [-0.15, -0.1) is 0 Å². The van der Waals surface area contributed by atoms with Crippen LogP contribution in [0.15, 0.2) is 48.0 Å². The number of benzene rings is 1. The number of nitrogens with zero attached hydrogens (tertiary/aromatic N) is 2. The third kappa shape index (κ3) is 4.42. The lowest BCUT2D eigenvalue weighted by atomic mass is 10.1. The van der Waals surface area contributed by atoms with Crippen LogP contribution < -0.4 is 4.31 Å². The van der Waals surface area contributed by atoms with Gasteiger partial charge in [0.2, 0.25) is 0 Å². The van der Waals surface area contributed by atoms with E-state index in [0.717, 1.165) is 35.5 Å². The Balaban J connectivity index is 2.64. The number of sulfonamides is 1. The number of aromatic nitrogens is 1. The van der Waals surface area contributed by atoms with E-state index in [2.05, 4.69) is 11.6 Å². The summed E-state index contributed by atoms with van der Waals surface area (Å²) >= 11 is 0. The Hall–Kier alpha value is -2.54. The molecule has 0 atom stereocenters. The van der Waals surface area contributed by atoms with Gasteiger partial charge < -0.3 is 0 Å². The maximum atomic E-state index is 14.0. The smallest absolute Gasteiger partial charge is 0.264 e. The summed E-state index contributed by atoms with van der Waals surface area (Å²) < 4.78 is 41.8. The third-order valence-electron chi connectivity index (χ3n) is 4.00. The number of aryl methyl sites for hydroxylation is 2. The number of anilines is 1. The number of hydrogen-bond acceptors (Lipinski definition) is 4. The van der Waals surface area contributed by atoms with Crippen molar-refractivity contribution in [2.45, 2.75) is 32.6 Å². The molecule has 0 saturated heterocycles. The molecule has 0 aliphatic rings. The summed E-state index contributed by atoms with van der Waals surface area (Å²) in [5.74, 6) is -1.43. The molecule has 1 heterocycles. The van der Waals surface area contributed by atoms with Crippen LogP contribution in [0.2, 0.25) is 0 Å². The first-order valence-corrected chi connectivity index (χ1v) is 9.94. The summed E-state index contributed by atoms with van der Waals surface area (Å²) in [6, 6.07) is 5.00. The molecule has 5 nitrogen and oxygen atoms in total. The van der Waals surface area contributed by atoms with Crippen LogP contribution in [0.3, 0.4) is 0 Å². The highest BCUT2D eigenvalue weighted by atomic mass is 32.2. The summed E-state index contributed by atoms with van der Waals surface area (Å²) in [5, 5.41) is 0. The highest BCUT2D eigenvalue weighted by Crippen LogP contribution is 2.28. The van der Waals surface area contributed by atoms with Crippen LogP contribution in [0.1, 0.15) is 35.5 Å². The van der Waals surface area contributed by atoms with Gasteiger partial charge in [-0.05, 0) is 55.7 Å². The summed E-state index contributed by atoms with van der Waals surface area (Å²) in [7, 11) is -4.03. The first kappa shape index (κ1) is 20.8. The van der Waals surface area contributed by atoms with E-state index in [9.17, 15) is 17.6 Å². The summed E-state index contributed by atoms with van der Waals surface area (Å²) in [6.07, 6.45) is 2.47. The van der Waals surface area contributed by atoms with Gasteiger partial charge in [-0.3, -0.25) is 14.1 Å². The lowest BCUT2D eigenvalue weighted by Gasteiger charge is -2.27. The predicted octanol–water partition coefficient (Wildman–Crippen LogP) is 4.06. The molecule has 1 aromatic carbocycles. The molecule has 0 unspecified atom stereocenters. The number of ketones is 1. The van der Waals surface area contributed by atoms with Gasteiger partial charge in [-0.25, -0.2) is 12.8 Å². The van der Waals surface area contributed by atoms with E-state index < -0.39 is 21.6 Å². The van der Waals surface area contributed by atoms with Gasteiger partial charge in [0, 0.05) is 12.2 Å². The number of hydrogen-bond donors (Lipinski definition) is 0. The molecule has 0 saturated carbocycles. The van der Waals surface area contributed by atoms with Crippen LogP contribution in [-0.2, 0) is 10.0 Å². The van der Waals surface area contributed by atoms with Crippen LogP contribution in [0.5, 0.6) is 0 Å². The van der Waals surface area contributed by atoms with Crippen molar-refractivity contribution in [3.8, 4) is 0 Å². The molecule has 7 heteroatoms. The van der Waals surface area contributed by atoms with Gasteiger partial charge in [0.05, 0.1) is 22.3 Å². The molecule has 144 valence electrons. The summed E-state index contributed by atoms with van der Waals surface area (Å²) in [4.78, 5) is 15.9. The molecule has 27 heavy (non-hydrogen) atoms. The molecule has 1 aromatic heterocycles. The first-order valence-electron chi connectivity index (χ1n) is 8.50. The Morgan fingerprint density at radius 3 is 2.52 bits per heavy atom. The largest absolute Gasteiger partial charge is 0.289 e. The number of allylic oxidation sites excluding steroid dienone is 1. The topological polar surface area (TPSA) is 67.3 Å². The lowest BCUT2D eigenvalue weighted by molar-refractivity contribution is 0.104. The SMILES string of the molecule is C=CC(=O)c1cc(S(=O)(=O)N(CC(C)C)c2cnc(C)cc2C)ccc1F. The van der Waals surface area contributed by atoms with Crippen molar-refractivity contribution < 1.29 is 17.6 Å². The van der Waals surface area contributed by atoms with Gasteiger partial charge >= 0.3 is 0 Å². The van der Waals surface area contributed by atoms with Gasteiger partial charge in [-0.2, -0.15) is 0 Å². The Bertz CT molecular complexity index is 985. The zero-order valence-corrected chi connectivity index (χ0v) is 16.7. The lowest BCUT2D eigenvalue weighted by Crippen LogP contribution is -2.35. The number of halogens is 1. The fraction of sp³-hybridized carbons (Fsp3) is 0.300. The summed E-state index contributed by atoms with van der Waals surface area (Å²) in [5.41, 5.74) is 1.67. The van der Waals surface area contributed by atoms with Gasteiger partial charge in [0.1, 0.15) is 5.82 Å². The van der Waals surface area contributed by atoms with Crippen molar-refractivity contribution in [3.63, 3.8) is 0 Å². The number of pyridine rings is 1. The number of carbonyl (C=O) groups excluding carboxylic acids is 1. The zero-order chi connectivity index (χ0) is 20.4. The van der Waals surface area contributed by atoms with E-state index in [0.29, 0.717) is 5.69 Å². The quantitative estimate of drug-likeness (QED) is 0.528. The zero-order valence-electron chi connectivity index (χ0n) is 15.9. The highest BCUT2D eigenvalue weighted by molar-refractivity contribution is 7.92. The normalized spacial score (nSPS) is 11.5. The summed E-state index contributed by atoms with van der Waals surface area (Å²) in [6.45, 7) is 11.0. The van der Waals surface area contributed by atoms with E-state index in [1.54, 1.807) is 6.07 Å². The minimum absolute atomic E-state index is 0.0372. The van der Waals surface area contributed by atoms with Crippen molar-refractivity contribution in [3.05, 3.63) is 65.8 Å². The Morgan fingerprint density at radius 1 is 1.30 bits per heavy atom. The molecular weight excluding hydrogens is 367 g/mol. The molecule has 0 aliphatic carbocycles. The van der Waals surface area contributed by atoms with Gasteiger partial charge in [0.25, 0.3) is 10.0 Å². The fourth-order valence-corrected chi connectivity index (χ4v) is 4.40. The standard InChI is InChI=1S/C20H23FN2O3S/c1-6-20(24)17-10-16(7-8-18(17)21)27(25,26)23(12-13(2)3)19-11-22-15(5)9-14(19)4/h6-11,13H,1,12H2,2-5H3. The molecule has 0 amide bonds. The van der Waals surface area contributed by atoms with Crippen molar-refractivity contribution in [2.75, 3.05) is 10.8 Å². The molecule has 0 aliphatic heterocycles. The maximum absolute atomic E-state index is 14.0. The molecular formula is C20H23FN2O3S. The molecule has 0 bridgehead atoms. The average Bonchev–Trinajstić information content (AvgIpc) is 2.59. The second-order valence-corrected chi connectivity index (χ2v) is 8.61. The predicted molar refractivity (Wildman–Crippen MR) is 104 cm³/mol. The maximum Gasteiger partial charge on any atom is 0.264 e. The molecule has 0 N–H and O–H groups in total. The average molecular weight is 390 g/mol. The Morgan fingerprint density at radius 2 is 1.96 bits per heavy atom. The van der Waals surface area contributed by atoms with E-state index >= 15 is 0 Å². The van der Waals surface area contributed by atoms with Crippen LogP contribution in [0.4, 0.5) is 10.1 Å². The minimum Gasteiger partial charge on any atom is -0.289 e. The fourth-order valence-electron chi connectivity index (χ4n) is 2.70. The molecule has 2 aromatic rings. The van der Waals surface area contributed by atoms with Crippen LogP contribution in [0, 0.1) is 25.6 Å².